The fourth-order valence-corrected chi connectivity index (χ4v) is 3.56. The molecule has 1 aliphatic heterocycles. The lowest BCUT2D eigenvalue weighted by atomic mass is 9.90. The van der Waals surface area contributed by atoms with E-state index < -0.39 is 5.97 Å². The molecule has 2 rings (SSSR count). The topological polar surface area (TPSA) is 57.6 Å². The largest absolute Gasteiger partial charge is 0.478 e. The van der Waals surface area contributed by atoms with Crippen LogP contribution in [0.4, 0.5) is 0 Å². The van der Waals surface area contributed by atoms with Crippen molar-refractivity contribution in [3.8, 4) is 0 Å². The Hall–Kier alpha value is -1.49. The summed E-state index contributed by atoms with van der Waals surface area (Å²) in [6.45, 7) is 3.71. The van der Waals surface area contributed by atoms with Gasteiger partial charge in [-0.15, -0.1) is 0 Å². The van der Waals surface area contributed by atoms with Crippen LogP contribution in [0.3, 0.4) is 0 Å². The molecular weight excluding hydrogens is 298 g/mol. The van der Waals surface area contributed by atoms with Crippen LogP contribution in [0, 0.1) is 0 Å². The van der Waals surface area contributed by atoms with E-state index in [0.717, 1.165) is 43.7 Å². The van der Waals surface area contributed by atoms with Gasteiger partial charge in [-0.3, -0.25) is 4.79 Å². The maximum absolute atomic E-state index is 12.2. The van der Waals surface area contributed by atoms with Gasteiger partial charge >= 0.3 is 5.97 Å². The number of aromatic carboxylic acids is 1. The van der Waals surface area contributed by atoms with Crippen molar-refractivity contribution in [3.63, 3.8) is 0 Å². The molecule has 0 spiro atoms. The molecule has 0 bridgehead atoms. The molecule has 1 aliphatic rings. The maximum Gasteiger partial charge on any atom is 0.335 e. The van der Waals surface area contributed by atoms with Crippen LogP contribution in [-0.4, -0.2) is 46.5 Å². The van der Waals surface area contributed by atoms with Gasteiger partial charge in [0.1, 0.15) is 0 Å². The second kappa shape index (κ2) is 8.22. The highest BCUT2D eigenvalue weighted by molar-refractivity contribution is 7.99. The van der Waals surface area contributed by atoms with Crippen molar-refractivity contribution in [2.24, 2.45) is 0 Å². The van der Waals surface area contributed by atoms with E-state index in [2.05, 4.69) is 6.92 Å². The van der Waals surface area contributed by atoms with E-state index in [1.165, 1.54) is 0 Å². The number of hydrogen-bond acceptors (Lipinski definition) is 3. The van der Waals surface area contributed by atoms with Gasteiger partial charge in [-0.05, 0) is 42.7 Å². The van der Waals surface area contributed by atoms with Gasteiger partial charge in [-0.25, -0.2) is 4.79 Å². The Morgan fingerprint density at radius 1 is 1.32 bits per heavy atom. The van der Waals surface area contributed by atoms with Crippen LogP contribution in [0.1, 0.15) is 48.0 Å². The second-order valence-electron chi connectivity index (χ2n) is 5.66. The summed E-state index contributed by atoms with van der Waals surface area (Å²) in [6, 6.07) is 7.06. The Kier molecular flexibility index (Phi) is 6.31. The fraction of sp³-hybridized carbons (Fsp3) is 0.529. The number of piperidine rings is 1. The Morgan fingerprint density at radius 3 is 2.68 bits per heavy atom. The van der Waals surface area contributed by atoms with Crippen molar-refractivity contribution < 1.29 is 14.7 Å². The number of carboxylic acids is 1. The first-order valence-corrected chi connectivity index (χ1v) is 8.96. The van der Waals surface area contributed by atoms with Crippen LogP contribution in [0.25, 0.3) is 0 Å². The molecule has 1 amide bonds. The molecule has 0 aliphatic carbocycles. The molecule has 1 aromatic rings. The van der Waals surface area contributed by atoms with E-state index >= 15 is 0 Å². The van der Waals surface area contributed by atoms with Crippen molar-refractivity contribution in [3.05, 3.63) is 35.4 Å². The molecular formula is C17H23NO3S. The first-order chi connectivity index (χ1) is 10.6. The Morgan fingerprint density at radius 2 is 2.05 bits per heavy atom. The van der Waals surface area contributed by atoms with Crippen molar-refractivity contribution in [2.75, 3.05) is 24.6 Å². The number of nitrogens with zero attached hydrogens (tertiary/aromatic N) is 1. The van der Waals surface area contributed by atoms with E-state index in [9.17, 15) is 9.59 Å². The molecule has 1 N–H and O–H groups in total. The van der Waals surface area contributed by atoms with Crippen LogP contribution < -0.4 is 0 Å². The Labute approximate surface area is 135 Å². The average molecular weight is 321 g/mol. The Balaban J connectivity index is 1.95. The molecule has 1 heterocycles. The van der Waals surface area contributed by atoms with Crippen LogP contribution in [0.5, 0.6) is 0 Å². The van der Waals surface area contributed by atoms with Crippen LogP contribution >= 0.6 is 11.8 Å². The predicted octanol–water partition coefficient (Wildman–Crippen LogP) is 3.23. The number of carbonyl (C=O) groups excluding carboxylic acids is 1. The third kappa shape index (κ3) is 4.50. The monoisotopic (exact) mass is 321 g/mol. The summed E-state index contributed by atoms with van der Waals surface area (Å²) in [5.41, 5.74) is 1.44. The van der Waals surface area contributed by atoms with Gasteiger partial charge in [0.25, 0.3) is 0 Å². The smallest absolute Gasteiger partial charge is 0.335 e. The number of carbonyl (C=O) groups is 2. The van der Waals surface area contributed by atoms with E-state index in [4.69, 9.17) is 5.11 Å². The molecule has 120 valence electrons. The lowest BCUT2D eigenvalue weighted by Crippen LogP contribution is -2.40. The minimum Gasteiger partial charge on any atom is -0.478 e. The first kappa shape index (κ1) is 16.9. The van der Waals surface area contributed by atoms with Gasteiger partial charge < -0.3 is 10.0 Å². The summed E-state index contributed by atoms with van der Waals surface area (Å²) in [4.78, 5) is 25.1. The van der Waals surface area contributed by atoms with E-state index in [-0.39, 0.29) is 5.91 Å². The Bertz CT molecular complexity index is 515. The molecule has 0 aromatic heterocycles. The molecule has 1 atom stereocenters. The van der Waals surface area contributed by atoms with Crippen LogP contribution in [0.2, 0.25) is 0 Å². The zero-order valence-corrected chi connectivity index (χ0v) is 13.8. The zero-order chi connectivity index (χ0) is 15.9. The number of likely N-dealkylation sites (tertiary alicyclic amines) is 1. The third-order valence-corrected chi connectivity index (χ3v) is 5.13. The highest BCUT2D eigenvalue weighted by atomic mass is 32.2. The number of benzene rings is 1. The molecule has 0 saturated carbocycles. The maximum atomic E-state index is 12.2. The number of hydrogen-bond donors (Lipinski definition) is 1. The third-order valence-electron chi connectivity index (χ3n) is 3.98. The van der Waals surface area contributed by atoms with Crippen molar-refractivity contribution in [2.45, 2.75) is 32.1 Å². The van der Waals surface area contributed by atoms with E-state index in [0.29, 0.717) is 17.2 Å². The number of carboxylic acid groups (broad SMARTS) is 1. The summed E-state index contributed by atoms with van der Waals surface area (Å²) in [6.07, 6.45) is 3.16. The SMILES string of the molecule is CCCSCC(=O)N1CCCC(c2ccc(C(=O)O)cc2)C1. The van der Waals surface area contributed by atoms with Crippen molar-refractivity contribution in [1.82, 2.24) is 4.90 Å². The van der Waals surface area contributed by atoms with Gasteiger partial charge in [0.15, 0.2) is 0 Å². The van der Waals surface area contributed by atoms with Crippen molar-refractivity contribution >= 4 is 23.6 Å². The van der Waals surface area contributed by atoms with Gasteiger partial charge in [-0.2, -0.15) is 11.8 Å². The second-order valence-corrected chi connectivity index (χ2v) is 6.76. The highest BCUT2D eigenvalue weighted by Gasteiger charge is 2.24. The van der Waals surface area contributed by atoms with Crippen molar-refractivity contribution in [1.29, 1.82) is 0 Å². The number of amides is 1. The zero-order valence-electron chi connectivity index (χ0n) is 13.0. The summed E-state index contributed by atoms with van der Waals surface area (Å²) in [7, 11) is 0. The molecule has 0 radical (unpaired) electrons. The van der Waals surface area contributed by atoms with Gasteiger partial charge in [0.2, 0.25) is 5.91 Å². The fourth-order valence-electron chi connectivity index (χ4n) is 2.77. The molecule has 1 aromatic carbocycles. The highest BCUT2D eigenvalue weighted by Crippen LogP contribution is 2.27. The number of thioether (sulfide) groups is 1. The normalized spacial score (nSPS) is 18.2. The molecule has 1 unspecified atom stereocenters. The standard InChI is InChI=1S/C17H23NO3S/c1-2-10-22-12-16(19)18-9-3-4-15(11-18)13-5-7-14(8-6-13)17(20)21/h5-8,15H,2-4,9-12H2,1H3,(H,20,21). The van der Waals surface area contributed by atoms with E-state index in [1.54, 1.807) is 23.9 Å². The lowest BCUT2D eigenvalue weighted by Gasteiger charge is -2.33. The molecule has 4 nitrogen and oxygen atoms in total. The van der Waals surface area contributed by atoms with Crippen LogP contribution in [0.15, 0.2) is 24.3 Å². The van der Waals surface area contributed by atoms with Gasteiger partial charge in [0, 0.05) is 19.0 Å². The average Bonchev–Trinajstić information content (AvgIpc) is 2.55. The summed E-state index contributed by atoms with van der Waals surface area (Å²) >= 11 is 1.70. The number of rotatable bonds is 6. The molecule has 5 heteroatoms. The molecule has 1 fully saturated rings. The lowest BCUT2D eigenvalue weighted by molar-refractivity contribution is -0.129. The minimum atomic E-state index is -0.903. The van der Waals surface area contributed by atoms with E-state index in [1.807, 2.05) is 17.0 Å². The summed E-state index contributed by atoms with van der Waals surface area (Å²) < 4.78 is 0. The van der Waals surface area contributed by atoms with Gasteiger partial charge in [-0.1, -0.05) is 19.1 Å². The first-order valence-electron chi connectivity index (χ1n) is 7.80. The predicted molar refractivity (Wildman–Crippen MR) is 89.6 cm³/mol. The molecule has 1 saturated heterocycles. The summed E-state index contributed by atoms with van der Waals surface area (Å²) in [5.74, 6) is 1.24. The van der Waals surface area contributed by atoms with Crippen LogP contribution in [-0.2, 0) is 4.79 Å². The minimum absolute atomic E-state index is 0.227. The quantitative estimate of drug-likeness (QED) is 0.817. The molecule has 22 heavy (non-hydrogen) atoms. The summed E-state index contributed by atoms with van der Waals surface area (Å²) in [5, 5.41) is 8.95. The van der Waals surface area contributed by atoms with Gasteiger partial charge in [0.05, 0.1) is 11.3 Å².